The van der Waals surface area contributed by atoms with Crippen molar-refractivity contribution in [3.05, 3.63) is 29.3 Å². The average molecular weight is 234 g/mol. The number of carbonyl (C=O) groups excluding carboxylic acids is 2. The molecule has 1 aromatic rings. The summed E-state index contributed by atoms with van der Waals surface area (Å²) in [6, 6.07) is 5.41. The summed E-state index contributed by atoms with van der Waals surface area (Å²) in [5.74, 6) is -0.649. The van der Waals surface area contributed by atoms with Gasteiger partial charge in [0, 0.05) is 6.42 Å². The van der Waals surface area contributed by atoms with Gasteiger partial charge in [0.1, 0.15) is 11.7 Å². The fraction of sp³-hybridized carbons (Fsp3) is 0.385. The van der Waals surface area contributed by atoms with Crippen molar-refractivity contribution in [2.75, 3.05) is 14.2 Å². The lowest BCUT2D eigenvalue weighted by Crippen LogP contribution is -2.28. The largest absolute Gasteiger partial charge is 0.496 e. The number of benzene rings is 1. The maximum absolute atomic E-state index is 11.8. The lowest BCUT2D eigenvalue weighted by molar-refractivity contribution is -0.146. The predicted molar refractivity (Wildman–Crippen MR) is 61.1 cm³/mol. The molecule has 1 aliphatic carbocycles. The Morgan fingerprint density at radius 3 is 2.71 bits per heavy atom. The summed E-state index contributed by atoms with van der Waals surface area (Å²) in [6.07, 6.45) is 0.971. The summed E-state index contributed by atoms with van der Waals surface area (Å²) >= 11 is 0. The number of esters is 1. The molecule has 0 radical (unpaired) electrons. The van der Waals surface area contributed by atoms with Gasteiger partial charge in [0.2, 0.25) is 0 Å². The first-order valence-electron chi connectivity index (χ1n) is 5.45. The molecular formula is C13H14O4. The normalized spacial score (nSPS) is 18.5. The van der Waals surface area contributed by atoms with E-state index in [-0.39, 0.29) is 5.78 Å². The average Bonchev–Trinajstić information content (AvgIpc) is 2.36. The number of rotatable bonds is 2. The van der Waals surface area contributed by atoms with Gasteiger partial charge in [-0.1, -0.05) is 12.1 Å². The highest BCUT2D eigenvalue weighted by Crippen LogP contribution is 2.35. The van der Waals surface area contributed by atoms with Crippen LogP contribution in [0.4, 0.5) is 0 Å². The zero-order chi connectivity index (χ0) is 12.4. The molecule has 0 fully saturated rings. The smallest absolute Gasteiger partial charge is 0.320 e. The standard InChI is InChI=1S/C13H14O4/c1-16-11-5-3-4-9-8(11)6-7-10(14)12(9)13(15)17-2/h3-5,12H,6-7H2,1-2H3. The van der Waals surface area contributed by atoms with Gasteiger partial charge >= 0.3 is 5.97 Å². The summed E-state index contributed by atoms with van der Waals surface area (Å²) in [5.41, 5.74) is 1.65. The molecule has 0 aliphatic heterocycles. The minimum absolute atomic E-state index is 0.0856. The molecule has 0 heterocycles. The van der Waals surface area contributed by atoms with E-state index in [2.05, 4.69) is 4.74 Å². The van der Waals surface area contributed by atoms with Crippen molar-refractivity contribution in [2.45, 2.75) is 18.8 Å². The lowest BCUT2D eigenvalue weighted by Gasteiger charge is -2.23. The van der Waals surface area contributed by atoms with Gasteiger partial charge in [-0.05, 0) is 23.6 Å². The first-order chi connectivity index (χ1) is 8.19. The summed E-state index contributed by atoms with van der Waals surface area (Å²) in [7, 11) is 2.88. The van der Waals surface area contributed by atoms with E-state index in [1.165, 1.54) is 7.11 Å². The maximum Gasteiger partial charge on any atom is 0.320 e. The van der Waals surface area contributed by atoms with Gasteiger partial charge < -0.3 is 9.47 Å². The number of hydrogen-bond donors (Lipinski definition) is 0. The minimum atomic E-state index is -0.793. The summed E-state index contributed by atoms with van der Waals surface area (Å²) in [5, 5.41) is 0. The highest BCUT2D eigenvalue weighted by Gasteiger charge is 2.35. The summed E-state index contributed by atoms with van der Waals surface area (Å²) < 4.78 is 9.94. The zero-order valence-corrected chi connectivity index (χ0v) is 9.86. The topological polar surface area (TPSA) is 52.6 Å². The van der Waals surface area contributed by atoms with Gasteiger partial charge in [-0.15, -0.1) is 0 Å². The first kappa shape index (κ1) is 11.6. The van der Waals surface area contributed by atoms with E-state index in [0.717, 1.165) is 11.3 Å². The molecule has 4 nitrogen and oxygen atoms in total. The van der Waals surface area contributed by atoms with Gasteiger partial charge in [-0.2, -0.15) is 0 Å². The Bertz CT molecular complexity index is 464. The van der Waals surface area contributed by atoms with Gasteiger partial charge in [0.05, 0.1) is 14.2 Å². The second-order valence-electron chi connectivity index (χ2n) is 3.95. The highest BCUT2D eigenvalue weighted by atomic mass is 16.5. The second kappa shape index (κ2) is 4.57. The SMILES string of the molecule is COC(=O)C1C(=O)CCc2c(OC)cccc21. The van der Waals surface area contributed by atoms with E-state index < -0.39 is 11.9 Å². The van der Waals surface area contributed by atoms with E-state index in [9.17, 15) is 9.59 Å². The van der Waals surface area contributed by atoms with Crippen LogP contribution in [-0.4, -0.2) is 26.0 Å². The molecule has 1 aliphatic rings. The summed E-state index contributed by atoms with van der Waals surface area (Å²) in [6.45, 7) is 0. The Morgan fingerprint density at radius 2 is 2.06 bits per heavy atom. The molecule has 90 valence electrons. The highest BCUT2D eigenvalue weighted by molar-refractivity contribution is 6.06. The van der Waals surface area contributed by atoms with Crippen LogP contribution in [0, 0.1) is 0 Å². The van der Waals surface area contributed by atoms with Crippen LogP contribution in [0.1, 0.15) is 23.5 Å². The van der Waals surface area contributed by atoms with Crippen LogP contribution in [0.2, 0.25) is 0 Å². The molecule has 17 heavy (non-hydrogen) atoms. The molecule has 0 aromatic heterocycles. The molecule has 1 unspecified atom stereocenters. The van der Waals surface area contributed by atoms with Crippen molar-refractivity contribution >= 4 is 11.8 Å². The number of methoxy groups -OCH3 is 2. The van der Waals surface area contributed by atoms with Crippen molar-refractivity contribution in [3.63, 3.8) is 0 Å². The summed E-state index contributed by atoms with van der Waals surface area (Å²) in [4.78, 5) is 23.5. The first-order valence-corrected chi connectivity index (χ1v) is 5.45. The van der Waals surface area contributed by atoms with Crippen molar-refractivity contribution in [1.29, 1.82) is 0 Å². The molecule has 0 spiro atoms. The van der Waals surface area contributed by atoms with E-state index in [0.29, 0.717) is 18.4 Å². The number of ketones is 1. The van der Waals surface area contributed by atoms with Crippen LogP contribution in [0.5, 0.6) is 5.75 Å². The van der Waals surface area contributed by atoms with Gasteiger partial charge in [-0.3, -0.25) is 9.59 Å². The van der Waals surface area contributed by atoms with Crippen molar-refractivity contribution in [3.8, 4) is 5.75 Å². The number of hydrogen-bond acceptors (Lipinski definition) is 4. The second-order valence-corrected chi connectivity index (χ2v) is 3.95. The van der Waals surface area contributed by atoms with Crippen molar-refractivity contribution < 1.29 is 19.1 Å². The molecule has 0 N–H and O–H groups in total. The Kier molecular flexibility index (Phi) is 3.13. The molecular weight excluding hydrogens is 220 g/mol. The van der Waals surface area contributed by atoms with E-state index >= 15 is 0 Å². The molecule has 0 saturated carbocycles. The molecule has 1 aromatic carbocycles. The Labute approximate surface area is 99.5 Å². The fourth-order valence-corrected chi connectivity index (χ4v) is 2.25. The number of fused-ring (bicyclic) bond motifs is 1. The number of carbonyl (C=O) groups is 2. The Balaban J connectivity index is 2.52. The van der Waals surface area contributed by atoms with Gasteiger partial charge in [-0.25, -0.2) is 0 Å². The van der Waals surface area contributed by atoms with Gasteiger partial charge in [0.15, 0.2) is 5.78 Å². The monoisotopic (exact) mass is 234 g/mol. The van der Waals surface area contributed by atoms with E-state index in [1.807, 2.05) is 6.07 Å². The molecule has 1 atom stereocenters. The minimum Gasteiger partial charge on any atom is -0.496 e. The maximum atomic E-state index is 11.8. The quantitative estimate of drug-likeness (QED) is 0.574. The van der Waals surface area contributed by atoms with Crippen LogP contribution in [0.25, 0.3) is 0 Å². The van der Waals surface area contributed by atoms with Crippen molar-refractivity contribution in [2.24, 2.45) is 0 Å². The molecule has 0 bridgehead atoms. The molecule has 0 amide bonds. The van der Waals surface area contributed by atoms with Crippen LogP contribution in [-0.2, 0) is 20.7 Å². The predicted octanol–water partition coefficient (Wildman–Crippen LogP) is 1.47. The molecule has 4 heteroatoms. The third-order valence-corrected chi connectivity index (χ3v) is 3.08. The van der Waals surface area contributed by atoms with Crippen LogP contribution >= 0.6 is 0 Å². The Morgan fingerprint density at radius 1 is 1.29 bits per heavy atom. The van der Waals surface area contributed by atoms with Crippen LogP contribution < -0.4 is 4.74 Å². The van der Waals surface area contributed by atoms with Crippen LogP contribution in [0.3, 0.4) is 0 Å². The molecule has 2 rings (SSSR count). The van der Waals surface area contributed by atoms with E-state index in [1.54, 1.807) is 19.2 Å². The third kappa shape index (κ3) is 1.90. The van der Waals surface area contributed by atoms with Gasteiger partial charge in [0.25, 0.3) is 0 Å². The zero-order valence-electron chi connectivity index (χ0n) is 9.86. The van der Waals surface area contributed by atoms with E-state index in [4.69, 9.17) is 4.74 Å². The van der Waals surface area contributed by atoms with Crippen molar-refractivity contribution in [1.82, 2.24) is 0 Å². The fourth-order valence-electron chi connectivity index (χ4n) is 2.25. The van der Waals surface area contributed by atoms with Crippen LogP contribution in [0.15, 0.2) is 18.2 Å². The number of ether oxygens (including phenoxy) is 2. The molecule has 0 saturated heterocycles. The third-order valence-electron chi connectivity index (χ3n) is 3.08. The number of Topliss-reactive ketones (excluding diaryl/α,β-unsaturated/α-hetero) is 1. The lowest BCUT2D eigenvalue weighted by atomic mass is 9.81. The Hall–Kier alpha value is -1.84.